The Hall–Kier alpha value is -2.74. The number of hydrogen-bond donors (Lipinski definition) is 0. The average Bonchev–Trinajstić information content (AvgIpc) is 3.30. The highest BCUT2D eigenvalue weighted by Crippen LogP contribution is 2.39. The van der Waals surface area contributed by atoms with Crippen molar-refractivity contribution in [3.05, 3.63) is 54.3 Å². The zero-order chi connectivity index (χ0) is 17.1. The van der Waals surface area contributed by atoms with E-state index in [9.17, 15) is 0 Å². The maximum Gasteiger partial charge on any atom is 0.253 e. The lowest BCUT2D eigenvalue weighted by atomic mass is 9.92. The second-order valence-electron chi connectivity index (χ2n) is 5.93. The lowest BCUT2D eigenvalue weighted by Crippen LogP contribution is -2.23. The highest BCUT2D eigenvalue weighted by molar-refractivity contribution is 5.15. The van der Waals surface area contributed by atoms with Gasteiger partial charge < -0.3 is 13.9 Å². The molecule has 0 saturated carbocycles. The van der Waals surface area contributed by atoms with Gasteiger partial charge in [-0.3, -0.25) is 9.67 Å². The van der Waals surface area contributed by atoms with Crippen LogP contribution in [0.5, 0.6) is 5.75 Å². The second kappa shape index (κ2) is 7.02. The molecule has 1 fully saturated rings. The molecule has 3 aromatic rings. The Labute approximate surface area is 144 Å². The van der Waals surface area contributed by atoms with E-state index in [0.29, 0.717) is 17.5 Å². The van der Waals surface area contributed by atoms with Gasteiger partial charge >= 0.3 is 0 Å². The summed E-state index contributed by atoms with van der Waals surface area (Å²) in [5, 5.41) is 12.6. The normalized spacial score (nSPS) is 20.5. The number of hydrogen-bond acceptors (Lipinski definition) is 7. The molecule has 0 bridgehead atoms. The smallest absolute Gasteiger partial charge is 0.253 e. The molecule has 0 aliphatic carbocycles. The molecule has 0 N–H and O–H groups in total. The summed E-state index contributed by atoms with van der Waals surface area (Å²) in [4.78, 5) is 4.01. The van der Waals surface area contributed by atoms with Crippen molar-refractivity contribution in [2.24, 2.45) is 7.05 Å². The van der Waals surface area contributed by atoms with Crippen molar-refractivity contribution >= 4 is 0 Å². The third kappa shape index (κ3) is 3.39. The fraction of sp³-hybridized carbons (Fsp3) is 0.412. The van der Waals surface area contributed by atoms with Crippen molar-refractivity contribution in [1.82, 2.24) is 25.0 Å². The van der Waals surface area contributed by atoms with Crippen LogP contribution in [0.1, 0.15) is 42.3 Å². The third-order valence-electron chi connectivity index (χ3n) is 4.27. The van der Waals surface area contributed by atoms with E-state index in [4.69, 9.17) is 13.9 Å². The van der Waals surface area contributed by atoms with E-state index in [1.54, 1.807) is 18.6 Å². The van der Waals surface area contributed by atoms with Gasteiger partial charge in [-0.2, -0.15) is 5.10 Å². The van der Waals surface area contributed by atoms with Gasteiger partial charge in [0, 0.05) is 26.0 Å². The lowest BCUT2D eigenvalue weighted by molar-refractivity contribution is -0.0140. The highest BCUT2D eigenvalue weighted by atomic mass is 16.5. The Morgan fingerprint density at radius 2 is 2.24 bits per heavy atom. The molecule has 0 unspecified atom stereocenters. The number of pyridine rings is 1. The van der Waals surface area contributed by atoms with E-state index in [2.05, 4.69) is 20.3 Å². The number of aromatic nitrogens is 5. The van der Waals surface area contributed by atoms with Crippen LogP contribution in [-0.2, 0) is 18.4 Å². The monoisotopic (exact) mass is 341 g/mol. The van der Waals surface area contributed by atoms with Crippen LogP contribution in [0.4, 0.5) is 0 Å². The van der Waals surface area contributed by atoms with Crippen LogP contribution < -0.4 is 4.74 Å². The summed E-state index contributed by atoms with van der Waals surface area (Å²) in [6.45, 7) is 0.931. The number of aryl methyl sites for hydroxylation is 1. The molecule has 2 atom stereocenters. The van der Waals surface area contributed by atoms with Crippen molar-refractivity contribution in [3.8, 4) is 5.75 Å². The average molecular weight is 341 g/mol. The maximum absolute atomic E-state index is 5.98. The van der Waals surface area contributed by atoms with Gasteiger partial charge in [-0.05, 0) is 31.0 Å². The van der Waals surface area contributed by atoms with Gasteiger partial charge in [-0.1, -0.05) is 0 Å². The van der Waals surface area contributed by atoms with Gasteiger partial charge in [-0.15, -0.1) is 10.2 Å². The predicted octanol–water partition coefficient (Wildman–Crippen LogP) is 2.41. The quantitative estimate of drug-likeness (QED) is 0.704. The van der Waals surface area contributed by atoms with Crippen LogP contribution >= 0.6 is 0 Å². The molecule has 4 heterocycles. The summed E-state index contributed by atoms with van der Waals surface area (Å²) >= 11 is 0. The van der Waals surface area contributed by atoms with Gasteiger partial charge in [0.05, 0.1) is 17.8 Å². The maximum atomic E-state index is 5.98. The molecule has 25 heavy (non-hydrogen) atoms. The third-order valence-corrected chi connectivity index (χ3v) is 4.27. The molecule has 4 rings (SSSR count). The fourth-order valence-electron chi connectivity index (χ4n) is 3.04. The first-order chi connectivity index (χ1) is 12.3. The minimum Gasteiger partial charge on any atom is -0.482 e. The minimum absolute atomic E-state index is 0.0174. The van der Waals surface area contributed by atoms with Crippen LogP contribution in [0, 0.1) is 0 Å². The SMILES string of the molecule is Cn1nccc1[C@@H]1OCCC[C@H]1c1nnc(COc2cccnc2)o1. The Morgan fingerprint density at radius 1 is 1.28 bits per heavy atom. The van der Waals surface area contributed by atoms with Crippen LogP contribution in [-0.4, -0.2) is 31.6 Å². The summed E-state index contributed by atoms with van der Waals surface area (Å²) in [6.07, 6.45) is 6.87. The van der Waals surface area contributed by atoms with Crippen LogP contribution in [0.15, 0.2) is 41.2 Å². The van der Waals surface area contributed by atoms with Gasteiger partial charge in [0.25, 0.3) is 5.89 Å². The second-order valence-corrected chi connectivity index (χ2v) is 5.93. The molecule has 1 aliphatic heterocycles. The topological polar surface area (TPSA) is 88.1 Å². The fourth-order valence-corrected chi connectivity index (χ4v) is 3.04. The lowest BCUT2D eigenvalue weighted by Gasteiger charge is -2.29. The zero-order valence-electron chi connectivity index (χ0n) is 13.9. The molecule has 0 amide bonds. The molecule has 3 aromatic heterocycles. The Morgan fingerprint density at radius 3 is 3.04 bits per heavy atom. The van der Waals surface area contributed by atoms with Crippen molar-refractivity contribution in [3.63, 3.8) is 0 Å². The molecule has 8 nitrogen and oxygen atoms in total. The van der Waals surface area contributed by atoms with Crippen molar-refractivity contribution in [2.75, 3.05) is 6.61 Å². The van der Waals surface area contributed by atoms with Crippen LogP contribution in [0.25, 0.3) is 0 Å². The van der Waals surface area contributed by atoms with Gasteiger partial charge in [-0.25, -0.2) is 0 Å². The summed E-state index contributed by atoms with van der Waals surface area (Å²) < 4.78 is 19.2. The number of rotatable bonds is 5. The number of ether oxygens (including phenoxy) is 2. The van der Waals surface area contributed by atoms with Crippen molar-refractivity contribution < 1.29 is 13.9 Å². The van der Waals surface area contributed by atoms with Crippen LogP contribution in [0.3, 0.4) is 0 Å². The summed E-state index contributed by atoms with van der Waals surface area (Å²) in [6, 6.07) is 5.61. The molecular weight excluding hydrogens is 322 g/mol. The van der Waals surface area contributed by atoms with E-state index in [1.165, 1.54) is 0 Å². The number of nitrogens with zero attached hydrogens (tertiary/aromatic N) is 5. The van der Waals surface area contributed by atoms with E-state index >= 15 is 0 Å². The van der Waals surface area contributed by atoms with Crippen molar-refractivity contribution in [2.45, 2.75) is 31.5 Å². The molecule has 8 heteroatoms. The Kier molecular flexibility index (Phi) is 4.43. The Balaban J connectivity index is 1.49. The molecule has 0 spiro atoms. The molecule has 130 valence electrons. The molecule has 1 aliphatic rings. The summed E-state index contributed by atoms with van der Waals surface area (Å²) in [7, 11) is 1.91. The van der Waals surface area contributed by atoms with Gasteiger partial charge in [0.1, 0.15) is 11.9 Å². The Bertz CT molecular complexity index is 817. The van der Waals surface area contributed by atoms with Gasteiger partial charge in [0.2, 0.25) is 5.89 Å². The molecule has 0 aromatic carbocycles. The van der Waals surface area contributed by atoms with E-state index in [0.717, 1.165) is 25.1 Å². The van der Waals surface area contributed by atoms with Crippen LogP contribution in [0.2, 0.25) is 0 Å². The molecular formula is C17H19N5O3. The van der Waals surface area contributed by atoms with Gasteiger partial charge in [0.15, 0.2) is 6.61 Å². The first-order valence-corrected chi connectivity index (χ1v) is 8.26. The summed E-state index contributed by atoms with van der Waals surface area (Å²) in [5.74, 6) is 1.70. The van der Waals surface area contributed by atoms with E-state index in [1.807, 2.05) is 29.9 Å². The largest absolute Gasteiger partial charge is 0.482 e. The minimum atomic E-state index is -0.131. The predicted molar refractivity (Wildman–Crippen MR) is 86.7 cm³/mol. The highest BCUT2D eigenvalue weighted by Gasteiger charge is 2.34. The first kappa shape index (κ1) is 15.8. The van der Waals surface area contributed by atoms with E-state index in [-0.39, 0.29) is 18.6 Å². The molecule has 1 saturated heterocycles. The molecule has 0 radical (unpaired) electrons. The standard InChI is InChI=1S/C17H19N5O3/c1-22-14(6-8-19-22)16-13(5-3-9-23-16)17-21-20-15(25-17)11-24-12-4-2-7-18-10-12/h2,4,6-8,10,13,16H,3,5,9,11H2,1H3/t13-,16-/m1/s1. The van der Waals surface area contributed by atoms with Crippen molar-refractivity contribution in [1.29, 1.82) is 0 Å². The summed E-state index contributed by atoms with van der Waals surface area (Å²) in [5.41, 5.74) is 1.01. The first-order valence-electron chi connectivity index (χ1n) is 8.26. The zero-order valence-corrected chi connectivity index (χ0v) is 13.9. The van der Waals surface area contributed by atoms with E-state index < -0.39 is 0 Å².